The molecule has 3 rings (SSSR count). The molecule has 2 heterocycles. The standard InChI is InChI=1S/C19H15F2N3O3/c1-2-15-16(17(25)12-7-13(20)9-14(21)8-12)24(19(27)23-18(15)26)10-11-3-5-22-6-4-11/h3-9H,2,10H2,1H3,(H,23,26,27). The number of aromatic amines is 1. The summed E-state index contributed by atoms with van der Waals surface area (Å²) in [4.78, 5) is 43.6. The molecule has 0 aliphatic carbocycles. The molecule has 1 aromatic carbocycles. The van der Waals surface area contributed by atoms with Crippen LogP contribution in [0.2, 0.25) is 0 Å². The molecule has 0 aliphatic rings. The zero-order valence-electron chi connectivity index (χ0n) is 14.3. The van der Waals surface area contributed by atoms with Crippen molar-refractivity contribution in [2.24, 2.45) is 0 Å². The molecular formula is C19H15F2N3O3. The van der Waals surface area contributed by atoms with E-state index in [-0.39, 0.29) is 29.8 Å². The SMILES string of the molecule is CCc1c(C(=O)c2cc(F)cc(F)c2)n(Cc2ccncc2)c(=O)[nH]c1=O. The maximum atomic E-state index is 13.6. The zero-order chi connectivity index (χ0) is 19.6. The van der Waals surface area contributed by atoms with Gasteiger partial charge in [0.15, 0.2) is 0 Å². The average Bonchev–Trinajstić information content (AvgIpc) is 2.63. The Bertz CT molecular complexity index is 1100. The van der Waals surface area contributed by atoms with Crippen molar-refractivity contribution in [3.05, 3.63) is 97.6 Å². The first-order valence-electron chi connectivity index (χ1n) is 8.16. The van der Waals surface area contributed by atoms with Crippen LogP contribution in [0, 0.1) is 11.6 Å². The molecule has 138 valence electrons. The van der Waals surface area contributed by atoms with Crippen molar-refractivity contribution < 1.29 is 13.6 Å². The van der Waals surface area contributed by atoms with Gasteiger partial charge in [-0.05, 0) is 36.2 Å². The Morgan fingerprint density at radius 1 is 1.11 bits per heavy atom. The summed E-state index contributed by atoms with van der Waals surface area (Å²) >= 11 is 0. The van der Waals surface area contributed by atoms with Crippen LogP contribution in [0.25, 0.3) is 0 Å². The summed E-state index contributed by atoms with van der Waals surface area (Å²) in [6, 6.07) is 5.68. The molecule has 8 heteroatoms. The van der Waals surface area contributed by atoms with Crippen LogP contribution in [0.5, 0.6) is 0 Å². The number of aromatic nitrogens is 3. The first-order chi connectivity index (χ1) is 12.9. The van der Waals surface area contributed by atoms with E-state index in [0.717, 1.165) is 16.7 Å². The number of hydrogen-bond acceptors (Lipinski definition) is 4. The predicted molar refractivity (Wildman–Crippen MR) is 93.8 cm³/mol. The maximum Gasteiger partial charge on any atom is 0.329 e. The molecule has 0 spiro atoms. The van der Waals surface area contributed by atoms with Crippen molar-refractivity contribution in [1.82, 2.24) is 14.5 Å². The fourth-order valence-electron chi connectivity index (χ4n) is 2.84. The highest BCUT2D eigenvalue weighted by Gasteiger charge is 2.22. The molecule has 0 saturated carbocycles. The van der Waals surface area contributed by atoms with Gasteiger partial charge in [-0.3, -0.25) is 24.1 Å². The first kappa shape index (κ1) is 18.4. The third-order valence-corrected chi connectivity index (χ3v) is 4.08. The van der Waals surface area contributed by atoms with Crippen LogP contribution in [0.4, 0.5) is 8.78 Å². The Hall–Kier alpha value is -3.42. The fraction of sp³-hybridized carbons (Fsp3) is 0.158. The number of ketones is 1. The van der Waals surface area contributed by atoms with Gasteiger partial charge in [0, 0.05) is 29.6 Å². The van der Waals surface area contributed by atoms with E-state index >= 15 is 0 Å². The van der Waals surface area contributed by atoms with Crippen LogP contribution in [0.1, 0.15) is 34.1 Å². The molecule has 0 bridgehead atoms. The third kappa shape index (κ3) is 3.74. The van der Waals surface area contributed by atoms with Crippen molar-refractivity contribution >= 4 is 5.78 Å². The van der Waals surface area contributed by atoms with Gasteiger partial charge in [-0.1, -0.05) is 6.92 Å². The van der Waals surface area contributed by atoms with Crippen LogP contribution in [0.3, 0.4) is 0 Å². The van der Waals surface area contributed by atoms with E-state index in [1.807, 2.05) is 0 Å². The largest absolute Gasteiger partial charge is 0.329 e. The van der Waals surface area contributed by atoms with Gasteiger partial charge in [0.05, 0.1) is 6.54 Å². The van der Waals surface area contributed by atoms with Crippen molar-refractivity contribution in [3.63, 3.8) is 0 Å². The van der Waals surface area contributed by atoms with Gasteiger partial charge in [0.2, 0.25) is 5.78 Å². The Balaban J connectivity index is 2.24. The van der Waals surface area contributed by atoms with Crippen molar-refractivity contribution in [3.8, 4) is 0 Å². The monoisotopic (exact) mass is 371 g/mol. The lowest BCUT2D eigenvalue weighted by atomic mass is 10.0. The molecule has 0 amide bonds. The Labute approximate surface area is 152 Å². The number of pyridine rings is 1. The molecule has 0 aliphatic heterocycles. The van der Waals surface area contributed by atoms with Crippen LogP contribution in [-0.2, 0) is 13.0 Å². The minimum Gasteiger partial charge on any atom is -0.287 e. The lowest BCUT2D eigenvalue weighted by Crippen LogP contribution is -2.37. The van der Waals surface area contributed by atoms with Gasteiger partial charge in [0.25, 0.3) is 5.56 Å². The maximum absolute atomic E-state index is 13.6. The number of H-pyrrole nitrogens is 1. The van der Waals surface area contributed by atoms with E-state index in [1.54, 1.807) is 19.1 Å². The number of hydrogen-bond donors (Lipinski definition) is 1. The summed E-state index contributed by atoms with van der Waals surface area (Å²) in [5.74, 6) is -2.66. The van der Waals surface area contributed by atoms with Gasteiger partial charge in [0.1, 0.15) is 17.3 Å². The Morgan fingerprint density at radius 3 is 2.33 bits per heavy atom. The minimum absolute atomic E-state index is 0.00992. The summed E-state index contributed by atoms with van der Waals surface area (Å²) in [5.41, 5.74) is -1.22. The molecule has 1 N–H and O–H groups in total. The highest BCUT2D eigenvalue weighted by Crippen LogP contribution is 2.16. The number of carbonyl (C=O) groups is 1. The summed E-state index contributed by atoms with van der Waals surface area (Å²) < 4.78 is 28.2. The van der Waals surface area contributed by atoms with Crippen LogP contribution >= 0.6 is 0 Å². The highest BCUT2D eigenvalue weighted by atomic mass is 19.1. The molecule has 0 radical (unpaired) electrons. The molecule has 0 atom stereocenters. The quantitative estimate of drug-likeness (QED) is 0.696. The Kier molecular flexibility index (Phi) is 5.07. The zero-order valence-corrected chi connectivity index (χ0v) is 14.3. The number of carbonyl (C=O) groups excluding carboxylic acids is 1. The highest BCUT2D eigenvalue weighted by molar-refractivity contribution is 6.08. The topological polar surface area (TPSA) is 84.8 Å². The second kappa shape index (κ2) is 7.45. The van der Waals surface area contributed by atoms with Gasteiger partial charge >= 0.3 is 5.69 Å². The number of nitrogens with one attached hydrogen (secondary N) is 1. The first-order valence-corrected chi connectivity index (χ1v) is 8.16. The van der Waals surface area contributed by atoms with Crippen molar-refractivity contribution in [1.29, 1.82) is 0 Å². The van der Waals surface area contributed by atoms with E-state index in [9.17, 15) is 23.2 Å². The van der Waals surface area contributed by atoms with Crippen LogP contribution in [-0.4, -0.2) is 20.3 Å². The average molecular weight is 371 g/mol. The number of rotatable bonds is 5. The van der Waals surface area contributed by atoms with E-state index < -0.39 is 28.7 Å². The third-order valence-electron chi connectivity index (χ3n) is 4.08. The molecule has 3 aromatic rings. The predicted octanol–water partition coefficient (Wildman–Crippen LogP) is 2.05. The van der Waals surface area contributed by atoms with Gasteiger partial charge in [-0.25, -0.2) is 13.6 Å². The second-order valence-electron chi connectivity index (χ2n) is 5.87. The van der Waals surface area contributed by atoms with Crippen LogP contribution in [0.15, 0.2) is 52.3 Å². The smallest absolute Gasteiger partial charge is 0.287 e. The van der Waals surface area contributed by atoms with E-state index in [4.69, 9.17) is 0 Å². The lowest BCUT2D eigenvalue weighted by Gasteiger charge is -2.15. The van der Waals surface area contributed by atoms with E-state index in [1.165, 1.54) is 12.4 Å². The number of benzene rings is 1. The summed E-state index contributed by atoms with van der Waals surface area (Å²) in [5, 5.41) is 0. The second-order valence-corrected chi connectivity index (χ2v) is 5.87. The van der Waals surface area contributed by atoms with Crippen molar-refractivity contribution in [2.75, 3.05) is 0 Å². The lowest BCUT2D eigenvalue weighted by molar-refractivity contribution is 0.102. The number of halogens is 2. The minimum atomic E-state index is -0.927. The molecule has 0 saturated heterocycles. The Morgan fingerprint density at radius 2 is 1.74 bits per heavy atom. The number of nitrogens with zero attached hydrogens (tertiary/aromatic N) is 2. The normalized spacial score (nSPS) is 10.8. The van der Waals surface area contributed by atoms with Crippen LogP contribution < -0.4 is 11.2 Å². The molecular weight excluding hydrogens is 356 g/mol. The van der Waals surface area contributed by atoms with E-state index in [2.05, 4.69) is 9.97 Å². The van der Waals surface area contributed by atoms with Gasteiger partial charge in [-0.15, -0.1) is 0 Å². The molecule has 27 heavy (non-hydrogen) atoms. The molecule has 0 unspecified atom stereocenters. The molecule has 0 fully saturated rings. The van der Waals surface area contributed by atoms with Gasteiger partial charge in [-0.2, -0.15) is 0 Å². The summed E-state index contributed by atoms with van der Waals surface area (Å²) in [6.07, 6.45) is 3.21. The molecule has 2 aromatic heterocycles. The summed E-state index contributed by atoms with van der Waals surface area (Å²) in [6.45, 7) is 1.64. The molecule has 6 nitrogen and oxygen atoms in total. The fourth-order valence-corrected chi connectivity index (χ4v) is 2.84. The van der Waals surface area contributed by atoms with Gasteiger partial charge < -0.3 is 0 Å². The van der Waals surface area contributed by atoms with E-state index in [0.29, 0.717) is 11.6 Å². The summed E-state index contributed by atoms with van der Waals surface area (Å²) in [7, 11) is 0. The van der Waals surface area contributed by atoms with Crippen molar-refractivity contribution in [2.45, 2.75) is 19.9 Å².